The number of hydrogen-bond acceptors (Lipinski definition) is 4. The van der Waals surface area contributed by atoms with Crippen LogP contribution < -0.4 is 4.74 Å². The molecule has 0 aliphatic carbocycles. The second kappa shape index (κ2) is 7.17. The minimum Gasteiger partial charge on any atom is -0.486 e. The van der Waals surface area contributed by atoms with Gasteiger partial charge in [-0.3, -0.25) is 4.79 Å². The maximum Gasteiger partial charge on any atom is 0.326 e. The lowest BCUT2D eigenvalue weighted by molar-refractivity contribution is -0.143. The summed E-state index contributed by atoms with van der Waals surface area (Å²) in [5, 5.41) is 0. The number of carbonyl (C=O) groups is 1. The quantitative estimate of drug-likeness (QED) is 0.651. The first-order chi connectivity index (χ1) is 11.7. The lowest BCUT2D eigenvalue weighted by Gasteiger charge is -2.10. The number of ether oxygens (including phenoxy) is 2. The largest absolute Gasteiger partial charge is 0.486 e. The Morgan fingerprint density at radius 1 is 1.12 bits per heavy atom. The predicted octanol–water partition coefficient (Wildman–Crippen LogP) is 3.49. The van der Waals surface area contributed by atoms with Crippen LogP contribution >= 0.6 is 0 Å². The van der Waals surface area contributed by atoms with Gasteiger partial charge in [-0.15, -0.1) is 0 Å². The number of para-hydroxylation sites is 2. The van der Waals surface area contributed by atoms with Gasteiger partial charge >= 0.3 is 5.97 Å². The summed E-state index contributed by atoms with van der Waals surface area (Å²) in [5.41, 5.74) is 2.91. The van der Waals surface area contributed by atoms with Crippen LogP contribution in [0.15, 0.2) is 48.5 Å². The lowest BCUT2D eigenvalue weighted by Crippen LogP contribution is -2.16. The zero-order valence-electron chi connectivity index (χ0n) is 13.9. The van der Waals surface area contributed by atoms with Crippen LogP contribution in [0.25, 0.3) is 11.0 Å². The fraction of sp³-hybridized carbons (Fsp3) is 0.263. The molecule has 24 heavy (non-hydrogen) atoms. The standard InChI is InChI=1S/C19H20N2O3/c1-3-23-19(22)12-21-17-7-5-4-6-16(17)20-18(21)13-24-15-10-8-14(2)9-11-15/h4-11H,3,12-13H2,1-2H3. The molecule has 3 aromatic rings. The van der Waals surface area contributed by atoms with Gasteiger partial charge in [0.1, 0.15) is 24.7 Å². The first-order valence-corrected chi connectivity index (χ1v) is 7.96. The van der Waals surface area contributed by atoms with Crippen LogP contribution in [-0.4, -0.2) is 22.1 Å². The number of carbonyl (C=O) groups excluding carboxylic acids is 1. The highest BCUT2D eigenvalue weighted by Crippen LogP contribution is 2.19. The molecule has 0 amide bonds. The Morgan fingerprint density at radius 2 is 1.88 bits per heavy atom. The third-order valence-corrected chi connectivity index (χ3v) is 3.72. The third kappa shape index (κ3) is 3.56. The Morgan fingerprint density at radius 3 is 2.62 bits per heavy atom. The van der Waals surface area contributed by atoms with Gasteiger partial charge in [0, 0.05) is 0 Å². The smallest absolute Gasteiger partial charge is 0.326 e. The predicted molar refractivity (Wildman–Crippen MR) is 91.9 cm³/mol. The molecule has 0 spiro atoms. The summed E-state index contributed by atoms with van der Waals surface area (Å²) in [6.45, 7) is 4.60. The van der Waals surface area contributed by atoms with Crippen molar-refractivity contribution in [3.63, 3.8) is 0 Å². The molecule has 0 aliphatic rings. The Balaban J connectivity index is 1.85. The van der Waals surface area contributed by atoms with Crippen LogP contribution in [0.3, 0.4) is 0 Å². The van der Waals surface area contributed by atoms with Crippen LogP contribution in [0.4, 0.5) is 0 Å². The van der Waals surface area contributed by atoms with Crippen LogP contribution in [0.1, 0.15) is 18.3 Å². The van der Waals surface area contributed by atoms with E-state index in [9.17, 15) is 4.79 Å². The minimum atomic E-state index is -0.280. The maximum absolute atomic E-state index is 11.9. The highest BCUT2D eigenvalue weighted by molar-refractivity contribution is 5.78. The van der Waals surface area contributed by atoms with Gasteiger partial charge in [-0.1, -0.05) is 29.8 Å². The van der Waals surface area contributed by atoms with Gasteiger partial charge in [0.2, 0.25) is 0 Å². The lowest BCUT2D eigenvalue weighted by atomic mass is 10.2. The highest BCUT2D eigenvalue weighted by Gasteiger charge is 2.14. The van der Waals surface area contributed by atoms with E-state index in [4.69, 9.17) is 9.47 Å². The van der Waals surface area contributed by atoms with Gasteiger partial charge in [-0.05, 0) is 38.1 Å². The molecule has 0 radical (unpaired) electrons. The summed E-state index contributed by atoms with van der Waals surface area (Å²) < 4.78 is 12.7. The van der Waals surface area contributed by atoms with E-state index in [2.05, 4.69) is 4.98 Å². The fourth-order valence-corrected chi connectivity index (χ4v) is 2.53. The van der Waals surface area contributed by atoms with E-state index >= 15 is 0 Å². The number of nitrogens with zero attached hydrogens (tertiary/aromatic N) is 2. The van der Waals surface area contributed by atoms with Crippen molar-refractivity contribution in [1.82, 2.24) is 9.55 Å². The first kappa shape index (κ1) is 16.1. The number of esters is 1. The van der Waals surface area contributed by atoms with Crippen molar-refractivity contribution in [2.75, 3.05) is 6.61 Å². The number of aromatic nitrogens is 2. The van der Waals surface area contributed by atoms with E-state index in [-0.39, 0.29) is 19.1 Å². The number of aryl methyl sites for hydroxylation is 1. The second-order valence-electron chi connectivity index (χ2n) is 5.51. The van der Waals surface area contributed by atoms with E-state index < -0.39 is 0 Å². The number of benzene rings is 2. The summed E-state index contributed by atoms with van der Waals surface area (Å²) in [7, 11) is 0. The van der Waals surface area contributed by atoms with E-state index in [0.29, 0.717) is 12.4 Å². The molecule has 0 fully saturated rings. The van der Waals surface area contributed by atoms with Crippen molar-refractivity contribution in [2.45, 2.75) is 27.0 Å². The molecule has 124 valence electrons. The normalized spacial score (nSPS) is 10.8. The molecule has 5 heteroatoms. The molecule has 3 rings (SSSR count). The molecule has 2 aromatic carbocycles. The average Bonchev–Trinajstić information content (AvgIpc) is 2.92. The molecular formula is C19H20N2O3. The molecule has 0 unspecified atom stereocenters. The Kier molecular flexibility index (Phi) is 4.79. The van der Waals surface area contributed by atoms with Gasteiger partial charge in [-0.2, -0.15) is 0 Å². The van der Waals surface area contributed by atoms with E-state index in [1.165, 1.54) is 5.56 Å². The highest BCUT2D eigenvalue weighted by atomic mass is 16.5. The molecule has 0 saturated carbocycles. The Labute approximate surface area is 140 Å². The van der Waals surface area contributed by atoms with E-state index in [1.807, 2.05) is 60.0 Å². The van der Waals surface area contributed by atoms with Gasteiger partial charge in [-0.25, -0.2) is 4.98 Å². The maximum atomic E-state index is 11.9. The van der Waals surface area contributed by atoms with Gasteiger partial charge in [0.15, 0.2) is 0 Å². The molecule has 1 aromatic heterocycles. The van der Waals surface area contributed by atoms with Crippen molar-refractivity contribution in [3.05, 3.63) is 59.9 Å². The molecule has 0 bridgehead atoms. The molecule has 0 N–H and O–H groups in total. The summed E-state index contributed by atoms with van der Waals surface area (Å²) >= 11 is 0. The topological polar surface area (TPSA) is 53.4 Å². The molecule has 1 heterocycles. The zero-order chi connectivity index (χ0) is 16.9. The molecule has 5 nitrogen and oxygen atoms in total. The SMILES string of the molecule is CCOC(=O)Cn1c(COc2ccc(C)cc2)nc2ccccc21. The Hall–Kier alpha value is -2.82. The fourth-order valence-electron chi connectivity index (χ4n) is 2.53. The van der Waals surface area contributed by atoms with Gasteiger partial charge < -0.3 is 14.0 Å². The van der Waals surface area contributed by atoms with Gasteiger partial charge in [0.25, 0.3) is 0 Å². The number of fused-ring (bicyclic) bond motifs is 1. The van der Waals surface area contributed by atoms with Crippen molar-refractivity contribution in [3.8, 4) is 5.75 Å². The number of imidazole rings is 1. The molecule has 0 atom stereocenters. The van der Waals surface area contributed by atoms with Crippen LogP contribution in [0, 0.1) is 6.92 Å². The first-order valence-electron chi connectivity index (χ1n) is 7.96. The Bertz CT molecular complexity index is 837. The monoisotopic (exact) mass is 324 g/mol. The summed E-state index contributed by atoms with van der Waals surface area (Å²) in [6, 6.07) is 15.6. The van der Waals surface area contributed by atoms with E-state index in [0.717, 1.165) is 16.8 Å². The second-order valence-corrected chi connectivity index (χ2v) is 5.51. The number of hydrogen-bond donors (Lipinski definition) is 0. The van der Waals surface area contributed by atoms with Crippen molar-refractivity contribution in [1.29, 1.82) is 0 Å². The summed E-state index contributed by atoms with van der Waals surface area (Å²) in [6.07, 6.45) is 0. The molecule has 0 saturated heterocycles. The van der Waals surface area contributed by atoms with Gasteiger partial charge in [0.05, 0.1) is 17.6 Å². The zero-order valence-corrected chi connectivity index (χ0v) is 13.9. The van der Waals surface area contributed by atoms with Crippen molar-refractivity contribution >= 4 is 17.0 Å². The van der Waals surface area contributed by atoms with Crippen molar-refractivity contribution in [2.24, 2.45) is 0 Å². The average molecular weight is 324 g/mol. The molecular weight excluding hydrogens is 304 g/mol. The van der Waals surface area contributed by atoms with Crippen LogP contribution in [0.2, 0.25) is 0 Å². The minimum absolute atomic E-state index is 0.126. The van der Waals surface area contributed by atoms with Crippen molar-refractivity contribution < 1.29 is 14.3 Å². The number of rotatable bonds is 6. The van der Waals surface area contributed by atoms with Crippen LogP contribution in [0.5, 0.6) is 5.75 Å². The summed E-state index contributed by atoms with van der Waals surface area (Å²) in [5.74, 6) is 1.19. The summed E-state index contributed by atoms with van der Waals surface area (Å²) in [4.78, 5) is 16.5. The molecule has 0 aliphatic heterocycles. The van der Waals surface area contributed by atoms with E-state index in [1.54, 1.807) is 6.92 Å². The van der Waals surface area contributed by atoms with Crippen LogP contribution in [-0.2, 0) is 22.7 Å². The third-order valence-electron chi connectivity index (χ3n) is 3.72.